The van der Waals surface area contributed by atoms with Crippen LogP contribution in [0.4, 0.5) is 10.8 Å². The molecular weight excluding hydrogens is 342 g/mol. The number of carbonyl (C=O) groups excluding carboxylic acids is 1. The van der Waals surface area contributed by atoms with Crippen molar-refractivity contribution in [2.24, 2.45) is 0 Å². The number of nitrogens with one attached hydrogen (secondary N) is 1. The Morgan fingerprint density at radius 1 is 1.50 bits per heavy atom. The van der Waals surface area contributed by atoms with Crippen molar-refractivity contribution in [3.8, 4) is 6.07 Å². The summed E-state index contributed by atoms with van der Waals surface area (Å²) in [5.41, 5.74) is 1.64. The van der Waals surface area contributed by atoms with Gasteiger partial charge in [0, 0.05) is 5.69 Å². The van der Waals surface area contributed by atoms with E-state index in [0.717, 1.165) is 5.69 Å². The molecule has 1 aromatic carbocycles. The molecule has 2 aromatic rings. The third-order valence-electron chi connectivity index (χ3n) is 2.32. The van der Waals surface area contributed by atoms with E-state index in [2.05, 4.69) is 32.3 Å². The fourth-order valence-electron chi connectivity index (χ4n) is 1.43. The summed E-state index contributed by atoms with van der Waals surface area (Å²) in [6.07, 6.45) is 0. The van der Waals surface area contributed by atoms with Crippen molar-refractivity contribution in [1.29, 1.82) is 5.26 Å². The Morgan fingerprint density at radius 3 is 2.80 bits per heavy atom. The lowest BCUT2D eigenvalue weighted by Gasteiger charge is -2.01. The summed E-state index contributed by atoms with van der Waals surface area (Å²) in [5, 5.41) is 12.4. The lowest BCUT2D eigenvalue weighted by atomic mass is 10.2. The van der Waals surface area contributed by atoms with Gasteiger partial charge in [0.2, 0.25) is 0 Å². The van der Waals surface area contributed by atoms with Crippen molar-refractivity contribution >= 4 is 44.1 Å². The van der Waals surface area contributed by atoms with Crippen LogP contribution in [0.15, 0.2) is 28.1 Å². The molecule has 7 heteroatoms. The fourth-order valence-corrected chi connectivity index (χ4v) is 2.84. The first-order valence-corrected chi connectivity index (χ1v) is 7.35. The number of halogens is 1. The van der Waals surface area contributed by atoms with E-state index < -0.39 is 5.97 Å². The van der Waals surface area contributed by atoms with Crippen LogP contribution >= 0.6 is 27.3 Å². The molecule has 1 aromatic heterocycles. The van der Waals surface area contributed by atoms with Gasteiger partial charge in [-0.25, -0.2) is 9.78 Å². The molecule has 2 rings (SSSR count). The number of hydrogen-bond acceptors (Lipinski definition) is 6. The third-order valence-corrected chi connectivity index (χ3v) is 3.94. The molecule has 0 aliphatic rings. The standard InChI is InChI=1S/C13H10BrN3O2S/c1-2-19-12(18)10-11(14)20-13(17-10)16-9-5-3-8(7-15)4-6-9/h3-6H,2H2,1H3,(H,16,17). The average molecular weight is 352 g/mol. The van der Waals surface area contributed by atoms with E-state index in [1.54, 1.807) is 31.2 Å². The molecule has 0 saturated carbocycles. The number of benzene rings is 1. The van der Waals surface area contributed by atoms with Gasteiger partial charge in [0.25, 0.3) is 0 Å². The molecule has 102 valence electrons. The van der Waals surface area contributed by atoms with Crippen molar-refractivity contribution in [2.75, 3.05) is 11.9 Å². The van der Waals surface area contributed by atoms with Crippen LogP contribution in [-0.4, -0.2) is 17.6 Å². The van der Waals surface area contributed by atoms with Gasteiger partial charge in [-0.1, -0.05) is 11.3 Å². The Bertz CT molecular complexity index is 661. The molecule has 0 saturated heterocycles. The zero-order chi connectivity index (χ0) is 14.5. The maximum atomic E-state index is 11.6. The first-order valence-electron chi connectivity index (χ1n) is 5.74. The summed E-state index contributed by atoms with van der Waals surface area (Å²) in [6.45, 7) is 2.05. The predicted octanol–water partition coefficient (Wildman–Crippen LogP) is 3.70. The molecule has 0 amide bonds. The summed E-state index contributed by atoms with van der Waals surface area (Å²) >= 11 is 4.60. The highest BCUT2D eigenvalue weighted by atomic mass is 79.9. The molecule has 0 atom stereocenters. The number of rotatable bonds is 4. The first-order chi connectivity index (χ1) is 9.63. The largest absolute Gasteiger partial charge is 0.461 e. The van der Waals surface area contributed by atoms with Gasteiger partial charge in [-0.15, -0.1) is 0 Å². The van der Waals surface area contributed by atoms with E-state index in [4.69, 9.17) is 10.00 Å². The van der Waals surface area contributed by atoms with Crippen LogP contribution in [0, 0.1) is 11.3 Å². The molecule has 20 heavy (non-hydrogen) atoms. The van der Waals surface area contributed by atoms with Gasteiger partial charge in [0.05, 0.1) is 18.2 Å². The molecule has 0 aliphatic heterocycles. The Hall–Kier alpha value is -1.91. The zero-order valence-electron chi connectivity index (χ0n) is 10.5. The van der Waals surface area contributed by atoms with Crippen LogP contribution in [0.3, 0.4) is 0 Å². The number of aromatic nitrogens is 1. The van der Waals surface area contributed by atoms with E-state index in [0.29, 0.717) is 21.1 Å². The summed E-state index contributed by atoms with van der Waals surface area (Å²) in [6, 6.07) is 9.01. The van der Waals surface area contributed by atoms with E-state index in [9.17, 15) is 4.79 Å². The number of nitrogens with zero attached hydrogens (tertiary/aromatic N) is 2. The monoisotopic (exact) mass is 351 g/mol. The first kappa shape index (κ1) is 14.5. The molecule has 0 aliphatic carbocycles. The normalized spacial score (nSPS) is 9.85. The lowest BCUT2D eigenvalue weighted by Crippen LogP contribution is -2.05. The average Bonchev–Trinajstić information content (AvgIpc) is 2.81. The van der Waals surface area contributed by atoms with Gasteiger partial charge >= 0.3 is 5.97 Å². The lowest BCUT2D eigenvalue weighted by molar-refractivity contribution is 0.0519. The third kappa shape index (κ3) is 3.35. The summed E-state index contributed by atoms with van der Waals surface area (Å²) in [5.74, 6) is -0.455. The number of hydrogen-bond donors (Lipinski definition) is 1. The maximum absolute atomic E-state index is 11.6. The zero-order valence-corrected chi connectivity index (χ0v) is 12.9. The topological polar surface area (TPSA) is 75.0 Å². The van der Waals surface area contributed by atoms with Gasteiger partial charge < -0.3 is 10.1 Å². The van der Waals surface area contributed by atoms with Gasteiger partial charge in [-0.3, -0.25) is 0 Å². The van der Waals surface area contributed by atoms with E-state index >= 15 is 0 Å². The molecule has 0 unspecified atom stereocenters. The number of esters is 1. The SMILES string of the molecule is CCOC(=O)c1nc(Nc2ccc(C#N)cc2)sc1Br. The molecule has 5 nitrogen and oxygen atoms in total. The van der Waals surface area contributed by atoms with E-state index in [-0.39, 0.29) is 5.69 Å². The summed E-state index contributed by atoms with van der Waals surface area (Å²) < 4.78 is 5.53. The summed E-state index contributed by atoms with van der Waals surface area (Å²) in [7, 11) is 0. The van der Waals surface area contributed by atoms with Gasteiger partial charge in [0.1, 0.15) is 3.79 Å². The van der Waals surface area contributed by atoms with Crippen LogP contribution in [0.5, 0.6) is 0 Å². The number of thiazole rings is 1. The second-order valence-corrected chi connectivity index (χ2v) is 5.99. The molecule has 0 fully saturated rings. The molecule has 0 bridgehead atoms. The van der Waals surface area contributed by atoms with Gasteiger partial charge in [-0.05, 0) is 47.1 Å². The summed E-state index contributed by atoms with van der Waals surface area (Å²) in [4.78, 5) is 15.8. The minimum absolute atomic E-state index is 0.257. The quantitative estimate of drug-likeness (QED) is 0.850. The minimum Gasteiger partial charge on any atom is -0.461 e. The Balaban J connectivity index is 2.15. The molecule has 0 spiro atoms. The van der Waals surface area contributed by atoms with Crippen molar-refractivity contribution in [1.82, 2.24) is 4.98 Å². The van der Waals surface area contributed by atoms with Gasteiger partial charge in [-0.2, -0.15) is 5.26 Å². The van der Waals surface area contributed by atoms with Crippen LogP contribution in [0.2, 0.25) is 0 Å². The smallest absolute Gasteiger partial charge is 0.359 e. The number of anilines is 2. The Kier molecular flexibility index (Phi) is 4.71. The fraction of sp³-hybridized carbons (Fsp3) is 0.154. The predicted molar refractivity (Wildman–Crippen MR) is 80.2 cm³/mol. The second kappa shape index (κ2) is 6.50. The van der Waals surface area contributed by atoms with Crippen molar-refractivity contribution in [3.05, 3.63) is 39.3 Å². The number of nitriles is 1. The van der Waals surface area contributed by atoms with E-state index in [1.165, 1.54) is 11.3 Å². The molecule has 0 radical (unpaired) electrons. The van der Waals surface area contributed by atoms with Crippen molar-refractivity contribution in [3.63, 3.8) is 0 Å². The highest BCUT2D eigenvalue weighted by Crippen LogP contribution is 2.31. The van der Waals surface area contributed by atoms with Crippen LogP contribution in [-0.2, 0) is 4.74 Å². The highest BCUT2D eigenvalue weighted by molar-refractivity contribution is 9.11. The second-order valence-electron chi connectivity index (χ2n) is 3.68. The van der Waals surface area contributed by atoms with Crippen LogP contribution < -0.4 is 5.32 Å². The number of carbonyl (C=O) groups is 1. The Labute approximate surface area is 128 Å². The van der Waals surface area contributed by atoms with Crippen LogP contribution in [0.25, 0.3) is 0 Å². The number of ether oxygens (including phenoxy) is 1. The van der Waals surface area contributed by atoms with E-state index in [1.807, 2.05) is 0 Å². The Morgan fingerprint density at radius 2 is 2.20 bits per heavy atom. The molecule has 1 N–H and O–H groups in total. The van der Waals surface area contributed by atoms with Crippen LogP contribution in [0.1, 0.15) is 23.0 Å². The van der Waals surface area contributed by atoms with Crippen molar-refractivity contribution < 1.29 is 9.53 Å². The minimum atomic E-state index is -0.455. The van der Waals surface area contributed by atoms with Crippen molar-refractivity contribution in [2.45, 2.75) is 6.92 Å². The molecular formula is C13H10BrN3O2S. The molecule has 1 heterocycles. The highest BCUT2D eigenvalue weighted by Gasteiger charge is 2.17. The van der Waals surface area contributed by atoms with Gasteiger partial charge in [0.15, 0.2) is 10.8 Å². The maximum Gasteiger partial charge on any atom is 0.359 e.